The van der Waals surface area contributed by atoms with Crippen LogP contribution in [0.25, 0.3) is 0 Å². The quantitative estimate of drug-likeness (QED) is 0.759. The molecular formula is C12H26N2O. The SMILES string of the molecule is CC1(C)CN(C(C)(C)CN)CC(C)(C)O1. The van der Waals surface area contributed by atoms with E-state index in [1.54, 1.807) is 0 Å². The average molecular weight is 214 g/mol. The molecule has 0 aliphatic carbocycles. The lowest BCUT2D eigenvalue weighted by atomic mass is 9.92. The molecule has 0 aromatic rings. The minimum Gasteiger partial charge on any atom is -0.367 e. The third-order valence-corrected chi connectivity index (χ3v) is 3.05. The van der Waals surface area contributed by atoms with Crippen molar-refractivity contribution in [3.05, 3.63) is 0 Å². The summed E-state index contributed by atoms with van der Waals surface area (Å²) in [5.41, 5.74) is 5.71. The number of hydrogen-bond donors (Lipinski definition) is 1. The van der Waals surface area contributed by atoms with Gasteiger partial charge < -0.3 is 10.5 Å². The molecule has 1 rings (SSSR count). The maximum atomic E-state index is 6.05. The lowest BCUT2D eigenvalue weighted by Gasteiger charge is -2.52. The summed E-state index contributed by atoms with van der Waals surface area (Å²) in [6, 6.07) is 0. The largest absolute Gasteiger partial charge is 0.367 e. The number of nitrogens with zero attached hydrogens (tertiary/aromatic N) is 1. The highest BCUT2D eigenvalue weighted by atomic mass is 16.5. The third kappa shape index (κ3) is 3.16. The highest BCUT2D eigenvalue weighted by Crippen LogP contribution is 2.31. The fourth-order valence-corrected chi connectivity index (χ4v) is 2.34. The highest BCUT2D eigenvalue weighted by molar-refractivity contribution is 4.95. The first-order chi connectivity index (χ1) is 6.58. The molecule has 0 saturated carbocycles. The molecule has 15 heavy (non-hydrogen) atoms. The normalized spacial score (nSPS) is 26.6. The van der Waals surface area contributed by atoms with E-state index in [9.17, 15) is 0 Å². The minimum atomic E-state index is -0.0891. The highest BCUT2D eigenvalue weighted by Gasteiger charge is 2.42. The average Bonchev–Trinajstić information content (AvgIpc) is 1.98. The van der Waals surface area contributed by atoms with Gasteiger partial charge in [0.2, 0.25) is 0 Å². The molecule has 3 nitrogen and oxygen atoms in total. The monoisotopic (exact) mass is 214 g/mol. The predicted octanol–water partition coefficient (Wildman–Crippen LogP) is 1.61. The van der Waals surface area contributed by atoms with Crippen LogP contribution < -0.4 is 5.73 Å². The Morgan fingerprint density at radius 1 is 1.13 bits per heavy atom. The summed E-state index contributed by atoms with van der Waals surface area (Å²) < 4.78 is 6.05. The molecule has 0 spiro atoms. The summed E-state index contributed by atoms with van der Waals surface area (Å²) in [5, 5.41) is 0. The molecule has 1 aliphatic rings. The number of ether oxygens (including phenoxy) is 1. The molecule has 1 aliphatic heterocycles. The van der Waals surface area contributed by atoms with Crippen molar-refractivity contribution < 1.29 is 4.74 Å². The van der Waals surface area contributed by atoms with E-state index < -0.39 is 0 Å². The molecular weight excluding hydrogens is 188 g/mol. The fraction of sp³-hybridized carbons (Fsp3) is 1.00. The van der Waals surface area contributed by atoms with E-state index in [4.69, 9.17) is 10.5 Å². The van der Waals surface area contributed by atoms with Gasteiger partial charge in [-0.2, -0.15) is 0 Å². The molecule has 2 N–H and O–H groups in total. The molecule has 1 heterocycles. The zero-order valence-electron chi connectivity index (χ0n) is 11.1. The molecule has 0 aromatic heterocycles. The Kier molecular flexibility index (Phi) is 3.21. The Morgan fingerprint density at radius 2 is 1.53 bits per heavy atom. The van der Waals surface area contributed by atoms with Gasteiger partial charge in [0.15, 0.2) is 0 Å². The van der Waals surface area contributed by atoms with Gasteiger partial charge in [-0.05, 0) is 41.5 Å². The number of hydrogen-bond acceptors (Lipinski definition) is 3. The second-order valence-electron chi connectivity index (χ2n) is 6.49. The molecule has 0 amide bonds. The first-order valence-electron chi connectivity index (χ1n) is 5.73. The molecule has 90 valence electrons. The number of morpholine rings is 1. The van der Waals surface area contributed by atoms with E-state index >= 15 is 0 Å². The maximum absolute atomic E-state index is 6.05. The van der Waals surface area contributed by atoms with E-state index in [0.717, 1.165) is 13.1 Å². The Labute approximate surface area is 94.0 Å². The number of nitrogens with two attached hydrogens (primary N) is 1. The topological polar surface area (TPSA) is 38.5 Å². The van der Waals surface area contributed by atoms with Gasteiger partial charge in [-0.1, -0.05) is 0 Å². The molecule has 0 radical (unpaired) electrons. The van der Waals surface area contributed by atoms with Gasteiger partial charge in [-0.3, -0.25) is 4.90 Å². The van der Waals surface area contributed by atoms with Crippen LogP contribution in [0.1, 0.15) is 41.5 Å². The van der Waals surface area contributed by atoms with Gasteiger partial charge in [0.1, 0.15) is 0 Å². The van der Waals surface area contributed by atoms with E-state index in [1.807, 2.05) is 0 Å². The predicted molar refractivity (Wildman–Crippen MR) is 63.9 cm³/mol. The molecule has 0 unspecified atom stereocenters. The minimum absolute atomic E-state index is 0.0539. The summed E-state index contributed by atoms with van der Waals surface area (Å²) in [5.74, 6) is 0. The van der Waals surface area contributed by atoms with Crippen molar-refractivity contribution in [3.8, 4) is 0 Å². The third-order valence-electron chi connectivity index (χ3n) is 3.05. The standard InChI is InChI=1S/C12H26N2O/c1-10(2,7-13)14-8-11(3,4)15-12(5,6)9-14/h7-9,13H2,1-6H3. The van der Waals surface area contributed by atoms with Crippen LogP contribution in [0.3, 0.4) is 0 Å². The molecule has 1 fully saturated rings. The van der Waals surface area contributed by atoms with Gasteiger partial charge in [-0.15, -0.1) is 0 Å². The van der Waals surface area contributed by atoms with E-state index in [2.05, 4.69) is 46.4 Å². The fourth-order valence-electron chi connectivity index (χ4n) is 2.34. The Hall–Kier alpha value is -0.120. The van der Waals surface area contributed by atoms with E-state index in [1.165, 1.54) is 0 Å². The summed E-state index contributed by atoms with van der Waals surface area (Å²) in [6.07, 6.45) is 0. The van der Waals surface area contributed by atoms with Crippen molar-refractivity contribution in [1.29, 1.82) is 0 Å². The van der Waals surface area contributed by atoms with Crippen molar-refractivity contribution in [3.63, 3.8) is 0 Å². The van der Waals surface area contributed by atoms with Crippen LogP contribution in [0.15, 0.2) is 0 Å². The van der Waals surface area contributed by atoms with Gasteiger partial charge in [0.25, 0.3) is 0 Å². The summed E-state index contributed by atoms with van der Waals surface area (Å²) in [4.78, 5) is 2.44. The maximum Gasteiger partial charge on any atom is 0.0761 e. The smallest absolute Gasteiger partial charge is 0.0761 e. The molecule has 0 atom stereocenters. The zero-order chi connectivity index (χ0) is 11.9. The van der Waals surface area contributed by atoms with Crippen LogP contribution in [0.2, 0.25) is 0 Å². The van der Waals surface area contributed by atoms with Gasteiger partial charge in [0, 0.05) is 25.2 Å². The van der Waals surface area contributed by atoms with Crippen molar-refractivity contribution in [2.24, 2.45) is 5.73 Å². The molecule has 3 heteroatoms. The van der Waals surface area contributed by atoms with Crippen LogP contribution in [-0.2, 0) is 4.74 Å². The first kappa shape index (κ1) is 12.9. The van der Waals surface area contributed by atoms with Crippen molar-refractivity contribution in [1.82, 2.24) is 4.90 Å². The van der Waals surface area contributed by atoms with E-state index in [-0.39, 0.29) is 16.7 Å². The van der Waals surface area contributed by atoms with Crippen LogP contribution >= 0.6 is 0 Å². The van der Waals surface area contributed by atoms with Gasteiger partial charge in [0.05, 0.1) is 11.2 Å². The van der Waals surface area contributed by atoms with Crippen LogP contribution in [0.4, 0.5) is 0 Å². The molecule has 0 bridgehead atoms. The Bertz CT molecular complexity index is 218. The van der Waals surface area contributed by atoms with Crippen LogP contribution in [-0.4, -0.2) is 41.3 Å². The second kappa shape index (κ2) is 3.72. The summed E-state index contributed by atoms with van der Waals surface area (Å²) in [6.45, 7) is 15.6. The summed E-state index contributed by atoms with van der Waals surface area (Å²) >= 11 is 0. The zero-order valence-corrected chi connectivity index (χ0v) is 11.1. The lowest BCUT2D eigenvalue weighted by molar-refractivity contribution is -0.195. The first-order valence-corrected chi connectivity index (χ1v) is 5.73. The van der Waals surface area contributed by atoms with Gasteiger partial charge >= 0.3 is 0 Å². The Balaban J connectivity index is 2.84. The van der Waals surface area contributed by atoms with Crippen LogP contribution in [0.5, 0.6) is 0 Å². The molecule has 0 aromatic carbocycles. The summed E-state index contributed by atoms with van der Waals surface area (Å²) in [7, 11) is 0. The molecule has 1 saturated heterocycles. The lowest BCUT2D eigenvalue weighted by Crippen LogP contribution is -2.64. The van der Waals surface area contributed by atoms with Gasteiger partial charge in [-0.25, -0.2) is 0 Å². The van der Waals surface area contributed by atoms with Crippen molar-refractivity contribution in [2.75, 3.05) is 19.6 Å². The Morgan fingerprint density at radius 3 is 1.87 bits per heavy atom. The van der Waals surface area contributed by atoms with Crippen molar-refractivity contribution >= 4 is 0 Å². The van der Waals surface area contributed by atoms with E-state index in [0.29, 0.717) is 6.54 Å². The van der Waals surface area contributed by atoms with Crippen molar-refractivity contribution in [2.45, 2.75) is 58.3 Å². The number of rotatable bonds is 2. The second-order valence-corrected chi connectivity index (χ2v) is 6.49. The van der Waals surface area contributed by atoms with Crippen LogP contribution in [0, 0.1) is 0 Å².